The number of hydrogen-bond donors (Lipinski definition) is 4. The number of carbonyl (C=O) groups excluding carboxylic acids is 2. The standard InChI is InChI=1S/C17H29N5O4/c1-5-19-15(22-11-12-7-8-13(25-12)14(18)23)20-9-6-10-21-16(24)26-17(2,3)4/h7-8H,5-6,9-11H2,1-4H3,(H2,18,23)(H,21,24)(H2,19,20,22). The quantitative estimate of drug-likeness (QED) is 0.312. The van der Waals surface area contributed by atoms with Crippen molar-refractivity contribution in [2.45, 2.75) is 46.3 Å². The van der Waals surface area contributed by atoms with Crippen LogP contribution in [0.1, 0.15) is 50.4 Å². The lowest BCUT2D eigenvalue weighted by Crippen LogP contribution is -2.39. The van der Waals surface area contributed by atoms with Gasteiger partial charge in [0.1, 0.15) is 17.9 Å². The summed E-state index contributed by atoms with van der Waals surface area (Å²) in [5.74, 6) is 0.661. The van der Waals surface area contributed by atoms with Gasteiger partial charge in [0.25, 0.3) is 5.91 Å². The Morgan fingerprint density at radius 2 is 1.88 bits per heavy atom. The molecule has 0 aliphatic heterocycles. The fraction of sp³-hybridized carbons (Fsp3) is 0.588. The van der Waals surface area contributed by atoms with Crippen LogP contribution in [0.4, 0.5) is 4.79 Å². The Labute approximate surface area is 153 Å². The van der Waals surface area contributed by atoms with Crippen LogP contribution in [0.15, 0.2) is 21.5 Å². The fourth-order valence-electron chi connectivity index (χ4n) is 1.89. The maximum Gasteiger partial charge on any atom is 0.407 e. The minimum absolute atomic E-state index is 0.112. The maximum atomic E-state index is 11.5. The predicted molar refractivity (Wildman–Crippen MR) is 98.9 cm³/mol. The lowest BCUT2D eigenvalue weighted by Gasteiger charge is -2.19. The van der Waals surface area contributed by atoms with Crippen LogP contribution in [0.3, 0.4) is 0 Å². The van der Waals surface area contributed by atoms with Crippen LogP contribution in [-0.2, 0) is 11.3 Å². The average Bonchev–Trinajstić information content (AvgIpc) is 2.99. The number of hydrogen-bond acceptors (Lipinski definition) is 5. The van der Waals surface area contributed by atoms with Crippen molar-refractivity contribution in [3.8, 4) is 0 Å². The van der Waals surface area contributed by atoms with Gasteiger partial charge in [0, 0.05) is 19.6 Å². The van der Waals surface area contributed by atoms with Crippen molar-refractivity contribution in [3.63, 3.8) is 0 Å². The number of ether oxygens (including phenoxy) is 1. The predicted octanol–water partition coefficient (Wildman–Crippen LogP) is 1.35. The minimum Gasteiger partial charge on any atom is -0.454 e. The van der Waals surface area contributed by atoms with Crippen LogP contribution in [0.25, 0.3) is 0 Å². The molecule has 5 N–H and O–H groups in total. The molecule has 0 aromatic carbocycles. The highest BCUT2D eigenvalue weighted by Gasteiger charge is 2.15. The third-order valence-corrected chi connectivity index (χ3v) is 2.96. The van der Waals surface area contributed by atoms with Gasteiger partial charge in [-0.3, -0.25) is 4.79 Å². The van der Waals surface area contributed by atoms with Crippen molar-refractivity contribution in [2.75, 3.05) is 19.6 Å². The van der Waals surface area contributed by atoms with Crippen molar-refractivity contribution < 1.29 is 18.7 Å². The van der Waals surface area contributed by atoms with Crippen LogP contribution in [-0.4, -0.2) is 43.2 Å². The van der Waals surface area contributed by atoms with Gasteiger partial charge in [-0.05, 0) is 46.2 Å². The average molecular weight is 367 g/mol. The first-order valence-corrected chi connectivity index (χ1v) is 8.59. The molecule has 0 spiro atoms. The number of nitrogens with zero attached hydrogens (tertiary/aromatic N) is 1. The number of nitrogens with two attached hydrogens (primary N) is 1. The van der Waals surface area contributed by atoms with Gasteiger partial charge in [-0.25, -0.2) is 9.79 Å². The van der Waals surface area contributed by atoms with E-state index in [4.69, 9.17) is 14.9 Å². The molecule has 0 saturated heterocycles. The zero-order chi connectivity index (χ0) is 19.6. The van der Waals surface area contributed by atoms with Gasteiger partial charge >= 0.3 is 6.09 Å². The van der Waals surface area contributed by atoms with Crippen molar-refractivity contribution in [1.82, 2.24) is 16.0 Å². The van der Waals surface area contributed by atoms with E-state index in [0.717, 1.165) is 0 Å². The topological polar surface area (TPSA) is 131 Å². The molecule has 146 valence electrons. The summed E-state index contributed by atoms with van der Waals surface area (Å²) in [5, 5.41) is 8.96. The van der Waals surface area contributed by atoms with Crippen molar-refractivity contribution in [1.29, 1.82) is 0 Å². The Bertz CT molecular complexity index is 619. The summed E-state index contributed by atoms with van der Waals surface area (Å²) < 4.78 is 10.4. The largest absolute Gasteiger partial charge is 0.454 e. The molecule has 9 heteroatoms. The first kappa shape index (κ1) is 21.3. The third kappa shape index (κ3) is 8.95. The third-order valence-electron chi connectivity index (χ3n) is 2.96. The van der Waals surface area contributed by atoms with Gasteiger partial charge in [-0.2, -0.15) is 0 Å². The van der Waals surface area contributed by atoms with Gasteiger partial charge < -0.3 is 30.8 Å². The molecule has 0 aliphatic carbocycles. The molecule has 0 saturated carbocycles. The summed E-state index contributed by atoms with van der Waals surface area (Å²) in [6, 6.07) is 3.19. The van der Waals surface area contributed by atoms with Crippen molar-refractivity contribution >= 4 is 18.0 Å². The van der Waals surface area contributed by atoms with Crippen LogP contribution in [0, 0.1) is 0 Å². The first-order chi connectivity index (χ1) is 12.2. The molecule has 9 nitrogen and oxygen atoms in total. The van der Waals surface area contributed by atoms with Crippen molar-refractivity contribution in [3.05, 3.63) is 23.7 Å². The highest BCUT2D eigenvalue weighted by atomic mass is 16.6. The number of carbonyl (C=O) groups is 2. The van der Waals surface area contributed by atoms with Gasteiger partial charge in [-0.15, -0.1) is 0 Å². The van der Waals surface area contributed by atoms with Crippen LogP contribution < -0.4 is 21.7 Å². The zero-order valence-electron chi connectivity index (χ0n) is 15.8. The second kappa shape index (κ2) is 10.3. The van der Waals surface area contributed by atoms with E-state index in [9.17, 15) is 9.59 Å². The number of guanidine groups is 1. The second-order valence-electron chi connectivity index (χ2n) is 6.53. The van der Waals surface area contributed by atoms with E-state index < -0.39 is 17.6 Å². The van der Waals surface area contributed by atoms with Crippen LogP contribution >= 0.6 is 0 Å². The number of amides is 2. The number of alkyl carbamates (subject to hydrolysis) is 1. The number of furan rings is 1. The number of primary amides is 1. The summed E-state index contributed by atoms with van der Waals surface area (Å²) in [4.78, 5) is 26.9. The number of rotatable bonds is 8. The second-order valence-corrected chi connectivity index (χ2v) is 6.53. The summed E-state index contributed by atoms with van der Waals surface area (Å²) in [6.45, 7) is 9.49. The zero-order valence-corrected chi connectivity index (χ0v) is 15.8. The molecule has 0 atom stereocenters. The van der Waals surface area contributed by atoms with E-state index in [1.807, 2.05) is 27.7 Å². The molecule has 1 rings (SSSR count). The Balaban J connectivity index is 2.35. The van der Waals surface area contributed by atoms with Gasteiger partial charge in [0.05, 0.1) is 0 Å². The summed E-state index contributed by atoms with van der Waals surface area (Å²) in [5.41, 5.74) is 4.64. The van der Waals surface area contributed by atoms with Crippen molar-refractivity contribution in [2.24, 2.45) is 10.7 Å². The normalized spacial score (nSPS) is 11.8. The Hall–Kier alpha value is -2.71. The Morgan fingerprint density at radius 1 is 1.19 bits per heavy atom. The smallest absolute Gasteiger partial charge is 0.407 e. The first-order valence-electron chi connectivity index (χ1n) is 8.59. The van der Waals surface area contributed by atoms with E-state index >= 15 is 0 Å². The summed E-state index contributed by atoms with van der Waals surface area (Å²) in [6.07, 6.45) is 0.275. The van der Waals surface area contributed by atoms with E-state index in [-0.39, 0.29) is 12.3 Å². The van der Waals surface area contributed by atoms with E-state index in [1.165, 1.54) is 6.07 Å². The molecule has 26 heavy (non-hydrogen) atoms. The molecular weight excluding hydrogens is 338 g/mol. The van der Waals surface area contributed by atoms with Gasteiger partial charge in [0.15, 0.2) is 11.7 Å². The molecule has 0 fully saturated rings. The minimum atomic E-state index is -0.609. The molecule has 0 aliphatic rings. The van der Waals surface area contributed by atoms with E-state index in [2.05, 4.69) is 20.9 Å². The molecular formula is C17H29N5O4. The van der Waals surface area contributed by atoms with E-state index in [1.54, 1.807) is 6.07 Å². The highest BCUT2D eigenvalue weighted by molar-refractivity contribution is 5.89. The SMILES string of the molecule is CCNC(=NCc1ccc(C(N)=O)o1)NCCCNC(=O)OC(C)(C)C. The molecule has 1 aromatic rings. The maximum absolute atomic E-state index is 11.5. The number of nitrogens with one attached hydrogen (secondary N) is 3. The molecule has 0 radical (unpaired) electrons. The molecule has 2 amide bonds. The lowest BCUT2D eigenvalue weighted by atomic mass is 10.2. The fourth-order valence-corrected chi connectivity index (χ4v) is 1.89. The highest BCUT2D eigenvalue weighted by Crippen LogP contribution is 2.08. The van der Waals surface area contributed by atoms with Gasteiger partial charge in [0.2, 0.25) is 0 Å². The molecule has 0 unspecified atom stereocenters. The molecule has 0 bridgehead atoms. The summed E-state index contributed by atoms with van der Waals surface area (Å²) >= 11 is 0. The van der Waals surface area contributed by atoms with E-state index in [0.29, 0.717) is 37.8 Å². The number of aliphatic imine (C=N–C) groups is 1. The monoisotopic (exact) mass is 367 g/mol. The Morgan fingerprint density at radius 3 is 2.46 bits per heavy atom. The van der Waals surface area contributed by atoms with Crippen LogP contribution in [0.5, 0.6) is 0 Å². The van der Waals surface area contributed by atoms with Crippen LogP contribution in [0.2, 0.25) is 0 Å². The van der Waals surface area contributed by atoms with Gasteiger partial charge in [-0.1, -0.05) is 0 Å². The molecule has 1 heterocycles. The Kier molecular flexibility index (Phi) is 8.47. The lowest BCUT2D eigenvalue weighted by molar-refractivity contribution is 0.0527. The summed E-state index contributed by atoms with van der Waals surface area (Å²) in [7, 11) is 0. The molecule has 1 aromatic heterocycles.